The highest BCUT2D eigenvalue weighted by Gasteiger charge is 2.39. The van der Waals surface area contributed by atoms with Gasteiger partial charge in [-0.15, -0.1) is 0 Å². The second-order valence-electron chi connectivity index (χ2n) is 4.40. The van der Waals surface area contributed by atoms with Gasteiger partial charge in [-0.1, -0.05) is 13.8 Å². The van der Waals surface area contributed by atoms with E-state index in [0.29, 0.717) is 12.8 Å². The fourth-order valence-electron chi connectivity index (χ4n) is 1.66. The zero-order chi connectivity index (χ0) is 13.6. The van der Waals surface area contributed by atoms with Crippen LogP contribution in [0.2, 0.25) is 0 Å². The van der Waals surface area contributed by atoms with E-state index in [-0.39, 0.29) is 17.8 Å². The van der Waals surface area contributed by atoms with Crippen LogP contribution in [0, 0.1) is 11.8 Å². The number of carbonyl (C=O) groups is 2. The van der Waals surface area contributed by atoms with Crippen molar-refractivity contribution in [3.05, 3.63) is 0 Å². The second kappa shape index (κ2) is 6.59. The van der Waals surface area contributed by atoms with Crippen LogP contribution in [0.15, 0.2) is 0 Å². The van der Waals surface area contributed by atoms with Crippen molar-refractivity contribution in [1.29, 1.82) is 0 Å². The van der Waals surface area contributed by atoms with Gasteiger partial charge in [0, 0.05) is 0 Å². The Labute approximate surface area is 102 Å². The van der Waals surface area contributed by atoms with Crippen LogP contribution < -0.4 is 0 Å². The molecule has 100 valence electrons. The summed E-state index contributed by atoms with van der Waals surface area (Å²) in [4.78, 5) is 22.8. The Balaban J connectivity index is 4.66. The van der Waals surface area contributed by atoms with Crippen LogP contribution >= 0.6 is 0 Å². The number of methoxy groups -OCH3 is 2. The van der Waals surface area contributed by atoms with E-state index in [2.05, 4.69) is 9.47 Å². The topological polar surface area (TPSA) is 72.8 Å². The summed E-state index contributed by atoms with van der Waals surface area (Å²) in [5.74, 6) is -1.71. The number of rotatable bonds is 6. The molecule has 3 atom stereocenters. The second-order valence-corrected chi connectivity index (χ2v) is 4.40. The van der Waals surface area contributed by atoms with Crippen LogP contribution in [-0.2, 0) is 19.1 Å². The van der Waals surface area contributed by atoms with Gasteiger partial charge in [0.25, 0.3) is 0 Å². The quantitative estimate of drug-likeness (QED) is 0.711. The average molecular weight is 246 g/mol. The van der Waals surface area contributed by atoms with Gasteiger partial charge in [-0.2, -0.15) is 0 Å². The average Bonchev–Trinajstić information content (AvgIpc) is 2.33. The van der Waals surface area contributed by atoms with E-state index in [1.807, 2.05) is 6.92 Å². The first-order chi connectivity index (χ1) is 7.81. The molecule has 0 heterocycles. The third-order valence-electron chi connectivity index (χ3n) is 3.22. The number of hydrogen-bond donors (Lipinski definition) is 1. The van der Waals surface area contributed by atoms with Gasteiger partial charge in [-0.05, 0) is 25.7 Å². The zero-order valence-electron chi connectivity index (χ0n) is 11.1. The van der Waals surface area contributed by atoms with Crippen molar-refractivity contribution >= 4 is 11.9 Å². The van der Waals surface area contributed by atoms with Crippen molar-refractivity contribution in [2.24, 2.45) is 11.8 Å². The van der Waals surface area contributed by atoms with Crippen molar-refractivity contribution in [1.82, 2.24) is 0 Å². The Morgan fingerprint density at radius 3 is 2.18 bits per heavy atom. The Morgan fingerprint density at radius 1 is 1.29 bits per heavy atom. The zero-order valence-corrected chi connectivity index (χ0v) is 11.1. The highest BCUT2D eigenvalue weighted by atomic mass is 16.5. The Kier molecular flexibility index (Phi) is 6.16. The lowest BCUT2D eigenvalue weighted by molar-refractivity contribution is -0.167. The fraction of sp³-hybridized carbons (Fsp3) is 0.833. The molecule has 0 rings (SSSR count). The molecule has 5 nitrogen and oxygen atoms in total. The van der Waals surface area contributed by atoms with E-state index in [0.717, 1.165) is 0 Å². The largest absolute Gasteiger partial charge is 0.469 e. The van der Waals surface area contributed by atoms with E-state index in [1.54, 1.807) is 6.92 Å². The van der Waals surface area contributed by atoms with Crippen molar-refractivity contribution in [2.45, 2.75) is 39.2 Å². The molecule has 0 radical (unpaired) electrons. The standard InChI is InChI=1S/C12H22O5/c1-6-9(10(13)16-4)7-8(2)12(3,15)11(14)17-5/h8-9,15H,6-7H2,1-5H3. The molecular weight excluding hydrogens is 224 g/mol. The Bertz CT molecular complexity index is 272. The normalized spacial score (nSPS) is 17.8. The third-order valence-corrected chi connectivity index (χ3v) is 3.22. The number of carbonyl (C=O) groups excluding carboxylic acids is 2. The molecule has 0 aliphatic rings. The summed E-state index contributed by atoms with van der Waals surface area (Å²) in [7, 11) is 2.55. The fourth-order valence-corrected chi connectivity index (χ4v) is 1.66. The third kappa shape index (κ3) is 4.00. The lowest BCUT2D eigenvalue weighted by Crippen LogP contribution is -2.43. The van der Waals surface area contributed by atoms with Gasteiger partial charge in [0.05, 0.1) is 20.1 Å². The summed E-state index contributed by atoms with van der Waals surface area (Å²) in [6.07, 6.45) is 0.986. The molecule has 0 aliphatic carbocycles. The van der Waals surface area contributed by atoms with Gasteiger partial charge < -0.3 is 14.6 Å². The van der Waals surface area contributed by atoms with E-state index in [9.17, 15) is 14.7 Å². The predicted octanol–water partition coefficient (Wildman–Crippen LogP) is 1.14. The van der Waals surface area contributed by atoms with Crippen LogP contribution in [0.5, 0.6) is 0 Å². The van der Waals surface area contributed by atoms with Crippen molar-refractivity contribution < 1.29 is 24.2 Å². The van der Waals surface area contributed by atoms with Gasteiger partial charge in [-0.25, -0.2) is 4.79 Å². The Morgan fingerprint density at radius 2 is 1.82 bits per heavy atom. The van der Waals surface area contributed by atoms with Crippen LogP contribution in [0.3, 0.4) is 0 Å². The molecule has 3 unspecified atom stereocenters. The minimum absolute atomic E-state index is 0.314. The number of ether oxygens (including phenoxy) is 2. The van der Waals surface area contributed by atoms with Crippen LogP contribution in [0.1, 0.15) is 33.6 Å². The van der Waals surface area contributed by atoms with Crippen LogP contribution in [-0.4, -0.2) is 36.9 Å². The van der Waals surface area contributed by atoms with Gasteiger partial charge in [0.2, 0.25) is 0 Å². The van der Waals surface area contributed by atoms with Crippen molar-refractivity contribution in [3.8, 4) is 0 Å². The summed E-state index contributed by atoms with van der Waals surface area (Å²) in [5.41, 5.74) is -1.59. The van der Waals surface area contributed by atoms with Crippen LogP contribution in [0.4, 0.5) is 0 Å². The first kappa shape index (κ1) is 15.9. The molecule has 0 saturated heterocycles. The summed E-state index contributed by atoms with van der Waals surface area (Å²) in [6.45, 7) is 4.97. The smallest absolute Gasteiger partial charge is 0.337 e. The molecule has 0 aliphatic heterocycles. The Hall–Kier alpha value is -1.10. The van der Waals surface area contributed by atoms with Gasteiger partial charge in [-0.3, -0.25) is 4.79 Å². The lowest BCUT2D eigenvalue weighted by atomic mass is 9.82. The van der Waals surface area contributed by atoms with Crippen molar-refractivity contribution in [2.75, 3.05) is 14.2 Å². The lowest BCUT2D eigenvalue weighted by Gasteiger charge is -2.29. The monoisotopic (exact) mass is 246 g/mol. The molecule has 0 fully saturated rings. The highest BCUT2D eigenvalue weighted by molar-refractivity contribution is 5.79. The summed E-state index contributed by atoms with van der Waals surface area (Å²) in [5, 5.41) is 10.0. The minimum atomic E-state index is -1.59. The molecule has 0 aromatic carbocycles. The number of aliphatic hydroxyl groups is 1. The molecule has 17 heavy (non-hydrogen) atoms. The van der Waals surface area contributed by atoms with Gasteiger partial charge >= 0.3 is 11.9 Å². The SMILES string of the molecule is CCC(CC(C)C(C)(O)C(=O)OC)C(=O)OC. The maximum absolute atomic E-state index is 11.4. The van der Waals surface area contributed by atoms with E-state index in [4.69, 9.17) is 0 Å². The molecule has 0 amide bonds. The van der Waals surface area contributed by atoms with Gasteiger partial charge in [0.15, 0.2) is 5.60 Å². The molecule has 0 aromatic heterocycles. The summed E-state index contributed by atoms with van der Waals surface area (Å²) >= 11 is 0. The molecule has 0 spiro atoms. The first-order valence-corrected chi connectivity index (χ1v) is 5.69. The number of esters is 2. The van der Waals surface area contributed by atoms with Gasteiger partial charge in [0.1, 0.15) is 0 Å². The molecule has 1 N–H and O–H groups in total. The highest BCUT2D eigenvalue weighted by Crippen LogP contribution is 2.27. The summed E-state index contributed by atoms with van der Waals surface area (Å²) in [6, 6.07) is 0. The number of hydrogen-bond acceptors (Lipinski definition) is 5. The molecule has 0 saturated carbocycles. The van der Waals surface area contributed by atoms with Crippen molar-refractivity contribution in [3.63, 3.8) is 0 Å². The molecule has 5 heteroatoms. The molecular formula is C12H22O5. The molecule has 0 aromatic rings. The van der Waals surface area contributed by atoms with E-state index in [1.165, 1.54) is 21.1 Å². The van der Waals surface area contributed by atoms with E-state index < -0.39 is 11.6 Å². The maximum Gasteiger partial charge on any atom is 0.337 e. The van der Waals surface area contributed by atoms with Crippen LogP contribution in [0.25, 0.3) is 0 Å². The minimum Gasteiger partial charge on any atom is -0.469 e. The maximum atomic E-state index is 11.4. The van der Waals surface area contributed by atoms with E-state index >= 15 is 0 Å². The summed E-state index contributed by atoms with van der Waals surface area (Å²) < 4.78 is 9.20. The molecule has 0 bridgehead atoms. The first-order valence-electron chi connectivity index (χ1n) is 5.69. The predicted molar refractivity (Wildman–Crippen MR) is 62.2 cm³/mol.